The third-order valence-electron chi connectivity index (χ3n) is 2.62. The molecule has 4 nitrogen and oxygen atoms in total. The Morgan fingerprint density at radius 2 is 2.28 bits per heavy atom. The highest BCUT2D eigenvalue weighted by Crippen LogP contribution is 2.37. The molecule has 0 aliphatic carbocycles. The van der Waals surface area contributed by atoms with Crippen LogP contribution in [-0.2, 0) is 4.79 Å². The van der Waals surface area contributed by atoms with Gasteiger partial charge in [-0.2, -0.15) is 5.26 Å². The molecule has 1 rings (SSSR count). The number of carboxylic acids is 1. The van der Waals surface area contributed by atoms with E-state index in [0.717, 1.165) is 23.9 Å². The Morgan fingerprint density at radius 3 is 2.78 bits per heavy atom. The number of carboxylic acid groups (broad SMARTS) is 1. The fourth-order valence-corrected chi connectivity index (χ4v) is 2.82. The lowest BCUT2D eigenvalue weighted by molar-refractivity contribution is -0.139. The van der Waals surface area contributed by atoms with E-state index in [0.29, 0.717) is 17.0 Å². The van der Waals surface area contributed by atoms with Crippen LogP contribution in [-0.4, -0.2) is 20.8 Å². The van der Waals surface area contributed by atoms with E-state index < -0.39 is 10.7 Å². The van der Waals surface area contributed by atoms with Gasteiger partial charge in [0, 0.05) is 5.69 Å². The van der Waals surface area contributed by atoms with E-state index in [4.69, 9.17) is 5.26 Å². The van der Waals surface area contributed by atoms with Crippen molar-refractivity contribution in [3.63, 3.8) is 0 Å². The van der Waals surface area contributed by atoms with Crippen molar-refractivity contribution < 1.29 is 9.90 Å². The third-order valence-corrected chi connectivity index (χ3v) is 3.96. The number of nitrogens with zero attached hydrogens (tertiary/aromatic N) is 2. The zero-order chi connectivity index (χ0) is 13.8. The van der Waals surface area contributed by atoms with Crippen molar-refractivity contribution in [2.75, 3.05) is 0 Å². The molecular weight excluding hydrogens is 248 g/mol. The largest absolute Gasteiger partial charge is 0.480 e. The predicted octanol–water partition coefficient (Wildman–Crippen LogP) is 3.00. The smallest absolute Gasteiger partial charge is 0.319 e. The first kappa shape index (κ1) is 14.5. The first-order valence-corrected chi connectivity index (χ1v) is 6.54. The number of pyridine rings is 1. The lowest BCUT2D eigenvalue weighted by Gasteiger charge is -2.23. The SMILES string of the molecule is CCC[C@@](C)(Sc1nc(C)ccc1C#N)C(=O)O. The van der Waals surface area contributed by atoms with Crippen molar-refractivity contribution in [2.45, 2.75) is 43.4 Å². The lowest BCUT2D eigenvalue weighted by atomic mass is 10.1. The molecule has 0 fully saturated rings. The minimum atomic E-state index is -0.943. The molecule has 0 saturated heterocycles. The highest BCUT2D eigenvalue weighted by Gasteiger charge is 2.34. The summed E-state index contributed by atoms with van der Waals surface area (Å²) in [5.74, 6) is -0.874. The maximum Gasteiger partial charge on any atom is 0.319 e. The second kappa shape index (κ2) is 5.87. The summed E-state index contributed by atoms with van der Waals surface area (Å²) in [6, 6.07) is 5.48. The molecule has 1 heterocycles. The van der Waals surface area contributed by atoms with Crippen molar-refractivity contribution in [1.29, 1.82) is 5.26 Å². The molecule has 96 valence electrons. The number of hydrogen-bond acceptors (Lipinski definition) is 4. The molecule has 18 heavy (non-hydrogen) atoms. The molecule has 1 aromatic rings. The number of aromatic nitrogens is 1. The number of thioether (sulfide) groups is 1. The van der Waals surface area contributed by atoms with Crippen LogP contribution in [0.3, 0.4) is 0 Å². The lowest BCUT2D eigenvalue weighted by Crippen LogP contribution is -2.31. The summed E-state index contributed by atoms with van der Waals surface area (Å²) in [6.07, 6.45) is 1.30. The summed E-state index contributed by atoms with van der Waals surface area (Å²) in [4.78, 5) is 15.6. The maximum atomic E-state index is 11.4. The van der Waals surface area contributed by atoms with Gasteiger partial charge in [-0.05, 0) is 32.4 Å². The molecule has 0 spiro atoms. The van der Waals surface area contributed by atoms with E-state index in [2.05, 4.69) is 11.1 Å². The molecule has 1 atom stereocenters. The maximum absolute atomic E-state index is 11.4. The Kier molecular flexibility index (Phi) is 4.74. The van der Waals surface area contributed by atoms with Gasteiger partial charge < -0.3 is 5.11 Å². The van der Waals surface area contributed by atoms with Gasteiger partial charge in [0.05, 0.1) is 5.56 Å². The molecule has 0 aliphatic heterocycles. The molecular formula is C13H16N2O2S. The van der Waals surface area contributed by atoms with Crippen molar-refractivity contribution in [1.82, 2.24) is 4.98 Å². The summed E-state index contributed by atoms with van der Waals surface area (Å²) >= 11 is 1.16. The van der Waals surface area contributed by atoms with Crippen LogP contribution in [0.25, 0.3) is 0 Å². The van der Waals surface area contributed by atoms with E-state index >= 15 is 0 Å². The normalized spacial score (nSPS) is 13.7. The van der Waals surface area contributed by atoms with Crippen LogP contribution in [0.1, 0.15) is 37.9 Å². The van der Waals surface area contributed by atoms with Crippen molar-refractivity contribution in [3.8, 4) is 6.07 Å². The van der Waals surface area contributed by atoms with Gasteiger partial charge in [-0.15, -0.1) is 0 Å². The number of carbonyl (C=O) groups is 1. The van der Waals surface area contributed by atoms with Crippen LogP contribution in [0.5, 0.6) is 0 Å². The van der Waals surface area contributed by atoms with Crippen LogP contribution in [0.2, 0.25) is 0 Å². The fourth-order valence-electron chi connectivity index (χ4n) is 1.59. The second-order valence-electron chi connectivity index (χ2n) is 4.31. The quantitative estimate of drug-likeness (QED) is 0.827. The molecule has 0 saturated carbocycles. The molecule has 0 aromatic carbocycles. The molecule has 1 N–H and O–H groups in total. The van der Waals surface area contributed by atoms with Crippen LogP contribution < -0.4 is 0 Å². The van der Waals surface area contributed by atoms with Crippen molar-refractivity contribution in [3.05, 3.63) is 23.4 Å². The van der Waals surface area contributed by atoms with Gasteiger partial charge in [-0.3, -0.25) is 4.79 Å². The molecule has 0 bridgehead atoms. The Balaban J connectivity index is 3.12. The monoisotopic (exact) mass is 264 g/mol. The number of aliphatic carboxylic acids is 1. The molecule has 0 unspecified atom stereocenters. The first-order valence-electron chi connectivity index (χ1n) is 5.73. The topological polar surface area (TPSA) is 74.0 Å². The summed E-state index contributed by atoms with van der Waals surface area (Å²) in [5.41, 5.74) is 1.20. The predicted molar refractivity (Wildman–Crippen MR) is 70.5 cm³/mol. The van der Waals surface area contributed by atoms with E-state index in [-0.39, 0.29) is 0 Å². The number of aryl methyl sites for hydroxylation is 1. The Hall–Kier alpha value is -1.54. The molecule has 1 aromatic heterocycles. The van der Waals surface area contributed by atoms with Crippen molar-refractivity contribution in [2.24, 2.45) is 0 Å². The van der Waals surface area contributed by atoms with E-state index in [1.807, 2.05) is 13.8 Å². The minimum Gasteiger partial charge on any atom is -0.480 e. The minimum absolute atomic E-state index is 0.425. The Bertz CT molecular complexity index is 496. The van der Waals surface area contributed by atoms with Gasteiger partial charge in [0.25, 0.3) is 0 Å². The number of nitriles is 1. The molecule has 5 heteroatoms. The first-order chi connectivity index (χ1) is 8.42. The zero-order valence-corrected chi connectivity index (χ0v) is 11.5. The summed E-state index contributed by atoms with van der Waals surface area (Å²) in [5, 5.41) is 18.8. The van der Waals surface area contributed by atoms with Crippen LogP contribution in [0.4, 0.5) is 0 Å². The summed E-state index contributed by atoms with van der Waals surface area (Å²) in [7, 11) is 0. The highest BCUT2D eigenvalue weighted by molar-refractivity contribution is 8.01. The summed E-state index contributed by atoms with van der Waals surface area (Å²) < 4.78 is -0.943. The van der Waals surface area contributed by atoms with Gasteiger partial charge in [0.1, 0.15) is 15.8 Å². The zero-order valence-electron chi connectivity index (χ0n) is 10.7. The average Bonchev–Trinajstić information content (AvgIpc) is 2.29. The number of rotatable bonds is 5. The van der Waals surface area contributed by atoms with E-state index in [9.17, 15) is 9.90 Å². The Labute approximate surface area is 111 Å². The second-order valence-corrected chi connectivity index (χ2v) is 5.80. The molecule has 0 radical (unpaired) electrons. The van der Waals surface area contributed by atoms with Gasteiger partial charge in [-0.25, -0.2) is 4.98 Å². The van der Waals surface area contributed by atoms with Gasteiger partial charge in [0.15, 0.2) is 0 Å². The van der Waals surface area contributed by atoms with Crippen LogP contribution in [0.15, 0.2) is 17.2 Å². The van der Waals surface area contributed by atoms with E-state index in [1.54, 1.807) is 19.1 Å². The third kappa shape index (κ3) is 3.23. The van der Waals surface area contributed by atoms with E-state index in [1.165, 1.54) is 0 Å². The Morgan fingerprint density at radius 1 is 1.61 bits per heavy atom. The molecule has 0 aliphatic rings. The van der Waals surface area contributed by atoms with Gasteiger partial charge >= 0.3 is 5.97 Å². The van der Waals surface area contributed by atoms with Crippen LogP contribution >= 0.6 is 11.8 Å². The fraction of sp³-hybridized carbons (Fsp3) is 0.462. The highest BCUT2D eigenvalue weighted by atomic mass is 32.2. The average molecular weight is 264 g/mol. The molecule has 0 amide bonds. The van der Waals surface area contributed by atoms with Gasteiger partial charge in [0.2, 0.25) is 0 Å². The standard InChI is InChI=1S/C13H16N2O2S/c1-4-7-13(3,12(16)17)18-11-10(8-14)6-5-9(2)15-11/h5-6H,4,7H2,1-3H3,(H,16,17)/t13-/m1/s1. The van der Waals surface area contributed by atoms with Crippen LogP contribution in [0, 0.1) is 18.3 Å². The summed E-state index contributed by atoms with van der Waals surface area (Å²) in [6.45, 7) is 5.44. The van der Waals surface area contributed by atoms with Crippen molar-refractivity contribution >= 4 is 17.7 Å². The number of hydrogen-bond donors (Lipinski definition) is 1. The van der Waals surface area contributed by atoms with Gasteiger partial charge in [-0.1, -0.05) is 25.1 Å².